The Morgan fingerprint density at radius 2 is 1.11 bits per heavy atom. The molecule has 4 atom stereocenters. The van der Waals surface area contributed by atoms with Crippen LogP contribution in [0.4, 0.5) is 0 Å². The fourth-order valence-electron chi connectivity index (χ4n) is 2.29. The highest BCUT2D eigenvalue weighted by Crippen LogP contribution is 2.38. The van der Waals surface area contributed by atoms with Gasteiger partial charge >= 0.3 is 17.9 Å². The lowest BCUT2D eigenvalue weighted by Crippen LogP contribution is -2.41. The average Bonchev–Trinajstić information content (AvgIpc) is 2.30. The molecule has 0 aliphatic heterocycles. The largest absolute Gasteiger partial charge is 0.481 e. The first-order valence-corrected chi connectivity index (χ1v) is 6.03. The van der Waals surface area contributed by atoms with E-state index in [4.69, 9.17) is 15.3 Å². The molecule has 1 fully saturated rings. The normalized spacial score (nSPS) is 30.8. The van der Waals surface area contributed by atoms with Crippen molar-refractivity contribution in [2.45, 2.75) is 33.6 Å². The van der Waals surface area contributed by atoms with Gasteiger partial charge in [0, 0.05) is 0 Å². The summed E-state index contributed by atoms with van der Waals surface area (Å²) in [6.07, 6.45) is -0.00787. The van der Waals surface area contributed by atoms with Crippen molar-refractivity contribution in [2.75, 3.05) is 0 Å². The molecule has 0 saturated heterocycles. The van der Waals surface area contributed by atoms with E-state index in [-0.39, 0.29) is 18.8 Å². The quantitative estimate of drug-likeness (QED) is 0.709. The molecule has 1 rings (SSSR count). The average molecular weight is 260 g/mol. The van der Waals surface area contributed by atoms with Gasteiger partial charge in [0.1, 0.15) is 0 Å². The summed E-state index contributed by atoms with van der Waals surface area (Å²) in [4.78, 5) is 32.6. The molecule has 1 aliphatic carbocycles. The Bertz CT molecular complexity index is 325. The molecular formula is C12H20O6. The minimum absolute atomic E-state index is 0.100. The second-order valence-corrected chi connectivity index (χ2v) is 4.28. The van der Waals surface area contributed by atoms with Crippen molar-refractivity contribution in [3.8, 4) is 0 Å². The molecule has 3 N–H and O–H groups in total. The van der Waals surface area contributed by atoms with Crippen LogP contribution in [0.1, 0.15) is 33.6 Å². The molecule has 0 aromatic rings. The summed E-state index contributed by atoms with van der Waals surface area (Å²) in [7, 11) is 0. The second-order valence-electron chi connectivity index (χ2n) is 4.28. The fraction of sp³-hybridized carbons (Fsp3) is 0.750. The standard InChI is InChI=1S/C10H14O6.C2H6/c1-4-2-6(9(13)14)7(10(15)16)3-5(4)8(11)12;1-2/h4-7H,2-3H2,1H3,(H,11,12)(H,13,14)(H,15,16);1-2H3. The highest BCUT2D eigenvalue weighted by atomic mass is 16.4. The van der Waals surface area contributed by atoms with Gasteiger partial charge in [-0.15, -0.1) is 0 Å². The molecular weight excluding hydrogens is 240 g/mol. The van der Waals surface area contributed by atoms with Crippen LogP contribution < -0.4 is 0 Å². The molecule has 18 heavy (non-hydrogen) atoms. The molecule has 1 aliphatic rings. The Morgan fingerprint density at radius 1 is 0.778 bits per heavy atom. The summed E-state index contributed by atoms with van der Waals surface area (Å²) in [6.45, 7) is 5.65. The first kappa shape index (κ1) is 16.4. The Kier molecular flexibility index (Phi) is 6.36. The van der Waals surface area contributed by atoms with E-state index in [2.05, 4.69) is 0 Å². The zero-order valence-corrected chi connectivity index (χ0v) is 10.8. The van der Waals surface area contributed by atoms with E-state index in [9.17, 15) is 14.4 Å². The summed E-state index contributed by atoms with van der Waals surface area (Å²) < 4.78 is 0. The lowest BCUT2D eigenvalue weighted by atomic mass is 9.69. The van der Waals surface area contributed by atoms with Crippen LogP contribution in [0, 0.1) is 23.7 Å². The number of rotatable bonds is 3. The Labute approximate surface area is 106 Å². The molecule has 0 aromatic carbocycles. The van der Waals surface area contributed by atoms with Crippen LogP contribution in [0.2, 0.25) is 0 Å². The molecule has 0 amide bonds. The van der Waals surface area contributed by atoms with Crippen LogP contribution in [0.25, 0.3) is 0 Å². The summed E-state index contributed by atoms with van der Waals surface area (Å²) in [6, 6.07) is 0. The maximum absolute atomic E-state index is 10.9. The highest BCUT2D eigenvalue weighted by molar-refractivity contribution is 5.81. The topological polar surface area (TPSA) is 112 Å². The summed E-state index contributed by atoms with van der Waals surface area (Å²) in [5.74, 6) is -6.61. The predicted octanol–water partition coefficient (Wildman–Crippen LogP) is 1.54. The molecule has 0 bridgehead atoms. The van der Waals surface area contributed by atoms with Gasteiger partial charge in [-0.05, 0) is 18.8 Å². The van der Waals surface area contributed by atoms with Gasteiger partial charge in [0.2, 0.25) is 0 Å². The van der Waals surface area contributed by atoms with Crippen LogP contribution in [-0.4, -0.2) is 33.2 Å². The molecule has 1 saturated carbocycles. The number of carboxylic acids is 3. The summed E-state index contributed by atoms with van der Waals surface area (Å²) in [5.41, 5.74) is 0. The van der Waals surface area contributed by atoms with Gasteiger partial charge in [-0.25, -0.2) is 0 Å². The lowest BCUT2D eigenvalue weighted by molar-refractivity contribution is -0.161. The van der Waals surface area contributed by atoms with Gasteiger partial charge in [0.15, 0.2) is 0 Å². The maximum atomic E-state index is 10.9. The van der Waals surface area contributed by atoms with Gasteiger partial charge < -0.3 is 15.3 Å². The zero-order chi connectivity index (χ0) is 14.5. The van der Waals surface area contributed by atoms with E-state index in [1.165, 1.54) is 0 Å². The van der Waals surface area contributed by atoms with Crippen LogP contribution in [0.3, 0.4) is 0 Å². The number of hydrogen-bond acceptors (Lipinski definition) is 3. The molecule has 6 heteroatoms. The number of carboxylic acid groups (broad SMARTS) is 3. The van der Waals surface area contributed by atoms with Gasteiger partial charge in [0.05, 0.1) is 17.8 Å². The third-order valence-electron chi connectivity index (χ3n) is 3.26. The van der Waals surface area contributed by atoms with Crippen LogP contribution in [0.5, 0.6) is 0 Å². The van der Waals surface area contributed by atoms with Crippen LogP contribution in [0.15, 0.2) is 0 Å². The molecule has 0 heterocycles. The highest BCUT2D eigenvalue weighted by Gasteiger charge is 2.44. The van der Waals surface area contributed by atoms with E-state index in [1.807, 2.05) is 13.8 Å². The number of aliphatic carboxylic acids is 3. The Morgan fingerprint density at radius 3 is 1.44 bits per heavy atom. The molecule has 0 radical (unpaired) electrons. The number of hydrogen-bond donors (Lipinski definition) is 3. The van der Waals surface area contributed by atoms with Crippen LogP contribution >= 0.6 is 0 Å². The summed E-state index contributed by atoms with van der Waals surface area (Å²) >= 11 is 0. The van der Waals surface area contributed by atoms with Crippen molar-refractivity contribution in [1.82, 2.24) is 0 Å². The molecule has 0 spiro atoms. The van der Waals surface area contributed by atoms with Gasteiger partial charge in [-0.3, -0.25) is 14.4 Å². The molecule has 104 valence electrons. The fourth-order valence-corrected chi connectivity index (χ4v) is 2.29. The first-order chi connectivity index (χ1) is 8.34. The van der Waals surface area contributed by atoms with E-state index in [0.717, 1.165) is 0 Å². The Balaban J connectivity index is 0.00000137. The van der Waals surface area contributed by atoms with Gasteiger partial charge in [0.25, 0.3) is 0 Å². The summed E-state index contributed by atoms with van der Waals surface area (Å²) in [5, 5.41) is 26.7. The third-order valence-corrected chi connectivity index (χ3v) is 3.26. The van der Waals surface area contributed by atoms with E-state index >= 15 is 0 Å². The van der Waals surface area contributed by atoms with Crippen molar-refractivity contribution >= 4 is 17.9 Å². The monoisotopic (exact) mass is 260 g/mol. The Hall–Kier alpha value is -1.59. The SMILES string of the molecule is CC.CC1CC(C(=O)O)C(C(=O)O)CC1C(=O)O. The van der Waals surface area contributed by atoms with Crippen molar-refractivity contribution < 1.29 is 29.7 Å². The molecule has 6 nitrogen and oxygen atoms in total. The number of carbonyl (C=O) groups is 3. The van der Waals surface area contributed by atoms with Crippen molar-refractivity contribution in [3.63, 3.8) is 0 Å². The van der Waals surface area contributed by atoms with E-state index in [0.29, 0.717) is 0 Å². The minimum atomic E-state index is -1.23. The van der Waals surface area contributed by atoms with Gasteiger partial charge in [-0.2, -0.15) is 0 Å². The molecule has 0 aromatic heterocycles. The van der Waals surface area contributed by atoms with E-state index in [1.54, 1.807) is 6.92 Å². The van der Waals surface area contributed by atoms with Crippen molar-refractivity contribution in [2.24, 2.45) is 23.7 Å². The second kappa shape index (κ2) is 6.98. The lowest BCUT2D eigenvalue weighted by Gasteiger charge is -2.34. The predicted molar refractivity (Wildman–Crippen MR) is 63.1 cm³/mol. The third kappa shape index (κ3) is 3.72. The molecule has 4 unspecified atom stereocenters. The maximum Gasteiger partial charge on any atom is 0.307 e. The van der Waals surface area contributed by atoms with Gasteiger partial charge in [-0.1, -0.05) is 20.8 Å². The van der Waals surface area contributed by atoms with Crippen molar-refractivity contribution in [3.05, 3.63) is 0 Å². The smallest absolute Gasteiger partial charge is 0.307 e. The first-order valence-electron chi connectivity index (χ1n) is 6.03. The van der Waals surface area contributed by atoms with E-state index < -0.39 is 35.7 Å². The van der Waals surface area contributed by atoms with Crippen LogP contribution in [-0.2, 0) is 14.4 Å². The minimum Gasteiger partial charge on any atom is -0.481 e. The van der Waals surface area contributed by atoms with Crippen molar-refractivity contribution in [1.29, 1.82) is 0 Å². The zero-order valence-electron chi connectivity index (χ0n) is 10.8.